The third-order valence-corrected chi connectivity index (χ3v) is 3.98. The summed E-state index contributed by atoms with van der Waals surface area (Å²) in [6, 6.07) is 10.7. The van der Waals surface area contributed by atoms with Gasteiger partial charge in [-0.1, -0.05) is 23.7 Å². The highest BCUT2D eigenvalue weighted by Crippen LogP contribution is 2.22. The van der Waals surface area contributed by atoms with Crippen molar-refractivity contribution in [2.75, 3.05) is 5.32 Å². The van der Waals surface area contributed by atoms with E-state index < -0.39 is 6.10 Å². The molecule has 2 N–H and O–H groups in total. The van der Waals surface area contributed by atoms with Gasteiger partial charge in [0.1, 0.15) is 5.75 Å². The molecule has 0 spiro atoms. The van der Waals surface area contributed by atoms with Gasteiger partial charge in [0.2, 0.25) is 0 Å². The molecule has 2 rings (SSSR count). The predicted octanol–water partition coefficient (Wildman–Crippen LogP) is 3.86. The lowest BCUT2D eigenvalue weighted by molar-refractivity contribution is -0.122. The van der Waals surface area contributed by atoms with Crippen LogP contribution in [0.15, 0.2) is 36.4 Å². The van der Waals surface area contributed by atoms with Gasteiger partial charge in [-0.25, -0.2) is 0 Å². The summed E-state index contributed by atoms with van der Waals surface area (Å²) in [4.78, 5) is 12.3. The first-order chi connectivity index (χ1) is 10.9. The lowest BCUT2D eigenvalue weighted by Crippen LogP contribution is -2.30. The van der Waals surface area contributed by atoms with Crippen LogP contribution >= 0.6 is 11.6 Å². The molecule has 0 aliphatic heterocycles. The number of halogens is 1. The number of aliphatic hydroxyl groups excluding tert-OH is 1. The van der Waals surface area contributed by atoms with Crippen LogP contribution in [0.5, 0.6) is 5.75 Å². The number of hydrogen-bond acceptors (Lipinski definition) is 3. The molecular formula is C18H20ClNO3. The number of anilines is 1. The summed E-state index contributed by atoms with van der Waals surface area (Å²) in [5.74, 6) is 0.339. The molecule has 0 radical (unpaired) electrons. The van der Waals surface area contributed by atoms with Crippen LogP contribution in [0.1, 0.15) is 23.6 Å². The minimum Gasteiger partial charge on any atom is -0.481 e. The molecule has 2 aromatic rings. The summed E-state index contributed by atoms with van der Waals surface area (Å²) in [6.45, 7) is 5.39. The van der Waals surface area contributed by atoms with E-state index in [0.717, 1.165) is 16.7 Å². The maximum Gasteiger partial charge on any atom is 0.265 e. The van der Waals surface area contributed by atoms with Gasteiger partial charge < -0.3 is 15.2 Å². The van der Waals surface area contributed by atoms with E-state index >= 15 is 0 Å². The zero-order valence-electron chi connectivity index (χ0n) is 13.4. The van der Waals surface area contributed by atoms with Gasteiger partial charge in [0.05, 0.1) is 6.61 Å². The van der Waals surface area contributed by atoms with Crippen molar-refractivity contribution in [1.29, 1.82) is 0 Å². The number of carbonyl (C=O) groups excluding carboxylic acids is 1. The summed E-state index contributed by atoms with van der Waals surface area (Å²) in [5.41, 5.74) is 3.23. The van der Waals surface area contributed by atoms with Gasteiger partial charge in [-0.3, -0.25) is 4.79 Å². The van der Waals surface area contributed by atoms with Crippen molar-refractivity contribution in [3.05, 3.63) is 58.1 Å². The number of rotatable bonds is 5. The molecule has 0 heterocycles. The van der Waals surface area contributed by atoms with E-state index in [2.05, 4.69) is 5.32 Å². The summed E-state index contributed by atoms with van der Waals surface area (Å²) >= 11 is 5.98. The largest absolute Gasteiger partial charge is 0.481 e. The zero-order valence-corrected chi connectivity index (χ0v) is 14.1. The number of aliphatic hydroxyl groups is 1. The molecule has 23 heavy (non-hydrogen) atoms. The van der Waals surface area contributed by atoms with Gasteiger partial charge in [-0.05, 0) is 61.7 Å². The topological polar surface area (TPSA) is 58.6 Å². The van der Waals surface area contributed by atoms with Gasteiger partial charge in [0.15, 0.2) is 6.10 Å². The fraction of sp³-hybridized carbons (Fsp3) is 0.278. The highest BCUT2D eigenvalue weighted by atomic mass is 35.5. The number of nitrogens with one attached hydrogen (secondary N) is 1. The lowest BCUT2D eigenvalue weighted by Gasteiger charge is -2.16. The normalized spacial score (nSPS) is 11.9. The van der Waals surface area contributed by atoms with Gasteiger partial charge in [-0.2, -0.15) is 0 Å². The Kier molecular flexibility index (Phi) is 5.64. The average molecular weight is 334 g/mol. The SMILES string of the molecule is Cc1cc(OC(C)C(=O)Nc2cc(CO)ccc2C)ccc1Cl. The molecule has 0 aliphatic carbocycles. The Labute approximate surface area is 141 Å². The number of ether oxygens (including phenoxy) is 1. The minimum absolute atomic E-state index is 0.0702. The quantitative estimate of drug-likeness (QED) is 0.873. The van der Waals surface area contributed by atoms with Gasteiger partial charge in [0, 0.05) is 10.7 Å². The van der Waals surface area contributed by atoms with Crippen LogP contribution in [0.4, 0.5) is 5.69 Å². The molecule has 0 saturated carbocycles. The van der Waals surface area contributed by atoms with Crippen molar-refractivity contribution in [2.45, 2.75) is 33.5 Å². The first-order valence-electron chi connectivity index (χ1n) is 7.34. The van der Waals surface area contributed by atoms with Crippen LogP contribution in [0.3, 0.4) is 0 Å². The van der Waals surface area contributed by atoms with Crippen molar-refractivity contribution >= 4 is 23.2 Å². The molecule has 0 fully saturated rings. The Morgan fingerprint density at radius 2 is 1.96 bits per heavy atom. The number of carbonyl (C=O) groups is 1. The highest BCUT2D eigenvalue weighted by Gasteiger charge is 2.16. The van der Waals surface area contributed by atoms with E-state index in [1.54, 1.807) is 31.2 Å². The molecule has 0 bridgehead atoms. The second-order valence-corrected chi connectivity index (χ2v) is 5.87. The van der Waals surface area contributed by atoms with Gasteiger partial charge >= 0.3 is 0 Å². The molecule has 1 unspecified atom stereocenters. The fourth-order valence-electron chi connectivity index (χ4n) is 2.08. The maximum atomic E-state index is 12.3. The van der Waals surface area contributed by atoms with Crippen molar-refractivity contribution < 1.29 is 14.6 Å². The number of amides is 1. The van der Waals surface area contributed by atoms with Gasteiger partial charge in [-0.15, -0.1) is 0 Å². The van der Waals surface area contributed by atoms with Crippen LogP contribution in [-0.2, 0) is 11.4 Å². The van der Waals surface area contributed by atoms with Crippen molar-refractivity contribution in [2.24, 2.45) is 0 Å². The van der Waals surface area contributed by atoms with E-state index in [9.17, 15) is 9.90 Å². The molecule has 1 amide bonds. The molecule has 122 valence electrons. The summed E-state index contributed by atoms with van der Waals surface area (Å²) in [7, 11) is 0. The Balaban J connectivity index is 2.06. The monoisotopic (exact) mass is 333 g/mol. The second kappa shape index (κ2) is 7.49. The van der Waals surface area contributed by atoms with E-state index in [4.69, 9.17) is 16.3 Å². The Hall–Kier alpha value is -2.04. The van der Waals surface area contributed by atoms with Gasteiger partial charge in [0.25, 0.3) is 5.91 Å². The fourth-order valence-corrected chi connectivity index (χ4v) is 2.20. The first kappa shape index (κ1) is 17.3. The number of benzene rings is 2. The number of aryl methyl sites for hydroxylation is 2. The zero-order chi connectivity index (χ0) is 17.0. The molecule has 0 aliphatic rings. The smallest absolute Gasteiger partial charge is 0.265 e. The van der Waals surface area contributed by atoms with E-state index in [0.29, 0.717) is 16.5 Å². The van der Waals surface area contributed by atoms with Crippen LogP contribution in [0.25, 0.3) is 0 Å². The van der Waals surface area contributed by atoms with E-state index in [-0.39, 0.29) is 12.5 Å². The maximum absolute atomic E-state index is 12.3. The van der Waals surface area contributed by atoms with Crippen molar-refractivity contribution in [1.82, 2.24) is 0 Å². The second-order valence-electron chi connectivity index (χ2n) is 5.47. The average Bonchev–Trinajstić information content (AvgIpc) is 2.53. The van der Waals surface area contributed by atoms with Crippen LogP contribution < -0.4 is 10.1 Å². The Morgan fingerprint density at radius 1 is 1.22 bits per heavy atom. The minimum atomic E-state index is -0.659. The molecule has 1 atom stereocenters. The molecule has 2 aromatic carbocycles. The van der Waals surface area contributed by atoms with Crippen molar-refractivity contribution in [3.63, 3.8) is 0 Å². The third-order valence-electron chi connectivity index (χ3n) is 3.55. The summed E-state index contributed by atoms with van der Waals surface area (Å²) in [5, 5.41) is 12.7. The number of hydrogen-bond donors (Lipinski definition) is 2. The Morgan fingerprint density at radius 3 is 2.61 bits per heavy atom. The van der Waals surface area contributed by atoms with Crippen molar-refractivity contribution in [3.8, 4) is 5.75 Å². The molecule has 0 aromatic heterocycles. The van der Waals surface area contributed by atoms with E-state index in [1.807, 2.05) is 26.0 Å². The summed E-state index contributed by atoms with van der Waals surface area (Å²) < 4.78 is 5.66. The van der Waals surface area contributed by atoms with E-state index in [1.165, 1.54) is 0 Å². The van der Waals surface area contributed by atoms with Crippen LogP contribution in [0, 0.1) is 13.8 Å². The molecule has 0 saturated heterocycles. The summed E-state index contributed by atoms with van der Waals surface area (Å²) in [6.07, 6.45) is -0.659. The first-order valence-corrected chi connectivity index (χ1v) is 7.72. The Bertz CT molecular complexity index is 715. The molecule has 5 heteroatoms. The standard InChI is InChI=1S/C18H20ClNO3/c1-11-4-5-14(10-21)9-17(11)20-18(22)13(3)23-15-6-7-16(19)12(2)8-15/h4-9,13,21H,10H2,1-3H3,(H,20,22). The predicted molar refractivity (Wildman–Crippen MR) is 92.0 cm³/mol. The third kappa shape index (κ3) is 4.47. The van der Waals surface area contributed by atoms with Crippen LogP contribution in [0.2, 0.25) is 5.02 Å². The lowest BCUT2D eigenvalue weighted by atomic mass is 10.1. The van der Waals surface area contributed by atoms with Crippen LogP contribution in [-0.4, -0.2) is 17.1 Å². The molecular weight excluding hydrogens is 314 g/mol. The molecule has 4 nitrogen and oxygen atoms in total. The highest BCUT2D eigenvalue weighted by molar-refractivity contribution is 6.31.